The second-order valence-corrected chi connectivity index (χ2v) is 5.68. The quantitative estimate of drug-likeness (QED) is 0.772. The SMILES string of the molecule is CCCC1CC(NCC)CN(C2CCC2)C1. The van der Waals surface area contributed by atoms with Gasteiger partial charge in [0.2, 0.25) is 0 Å². The van der Waals surface area contributed by atoms with Crippen LogP contribution in [0.4, 0.5) is 0 Å². The molecule has 1 aliphatic carbocycles. The molecule has 0 aromatic heterocycles. The van der Waals surface area contributed by atoms with E-state index in [0.29, 0.717) is 0 Å². The van der Waals surface area contributed by atoms with Crippen LogP contribution in [0.3, 0.4) is 0 Å². The highest BCUT2D eigenvalue weighted by molar-refractivity contribution is 4.89. The highest BCUT2D eigenvalue weighted by Crippen LogP contribution is 2.30. The average molecular weight is 224 g/mol. The second-order valence-electron chi connectivity index (χ2n) is 5.68. The Morgan fingerprint density at radius 2 is 2.00 bits per heavy atom. The molecular formula is C14H28N2. The molecule has 1 heterocycles. The highest BCUT2D eigenvalue weighted by Gasteiger charge is 2.32. The standard InChI is InChI=1S/C14H28N2/c1-3-6-12-9-13(15-4-2)11-16(10-12)14-7-5-8-14/h12-15H,3-11H2,1-2H3. The van der Waals surface area contributed by atoms with Gasteiger partial charge in [-0.3, -0.25) is 4.90 Å². The predicted octanol–water partition coefficient (Wildman–Crippen LogP) is 2.64. The van der Waals surface area contributed by atoms with Crippen molar-refractivity contribution in [3.63, 3.8) is 0 Å². The lowest BCUT2D eigenvalue weighted by atomic mass is 9.85. The normalized spacial score (nSPS) is 32.6. The third kappa shape index (κ3) is 2.98. The Morgan fingerprint density at radius 3 is 2.56 bits per heavy atom. The van der Waals surface area contributed by atoms with Gasteiger partial charge in [0, 0.05) is 25.2 Å². The summed E-state index contributed by atoms with van der Waals surface area (Å²) in [4.78, 5) is 2.78. The molecule has 0 spiro atoms. The zero-order valence-corrected chi connectivity index (χ0v) is 11.0. The van der Waals surface area contributed by atoms with E-state index in [1.807, 2.05) is 0 Å². The van der Waals surface area contributed by atoms with E-state index in [2.05, 4.69) is 24.1 Å². The van der Waals surface area contributed by atoms with Crippen LogP contribution in [-0.2, 0) is 0 Å². The van der Waals surface area contributed by atoms with Gasteiger partial charge >= 0.3 is 0 Å². The average Bonchev–Trinajstić information content (AvgIpc) is 2.15. The summed E-state index contributed by atoms with van der Waals surface area (Å²) in [5.41, 5.74) is 0. The molecule has 2 fully saturated rings. The zero-order valence-electron chi connectivity index (χ0n) is 11.0. The van der Waals surface area contributed by atoms with Crippen LogP contribution < -0.4 is 5.32 Å². The van der Waals surface area contributed by atoms with Crippen molar-refractivity contribution in [2.24, 2.45) is 5.92 Å². The maximum atomic E-state index is 3.66. The van der Waals surface area contributed by atoms with E-state index >= 15 is 0 Å². The summed E-state index contributed by atoms with van der Waals surface area (Å²) < 4.78 is 0. The lowest BCUT2D eigenvalue weighted by molar-refractivity contribution is 0.0565. The van der Waals surface area contributed by atoms with Crippen LogP contribution in [0.25, 0.3) is 0 Å². The fourth-order valence-electron chi connectivity index (χ4n) is 3.34. The molecule has 2 nitrogen and oxygen atoms in total. The Balaban J connectivity index is 1.87. The lowest BCUT2D eigenvalue weighted by Crippen LogP contribution is -2.54. The highest BCUT2D eigenvalue weighted by atomic mass is 15.2. The Labute approximate surface area is 101 Å². The van der Waals surface area contributed by atoms with Crippen molar-refractivity contribution in [2.75, 3.05) is 19.6 Å². The summed E-state index contributed by atoms with van der Waals surface area (Å²) in [5, 5.41) is 3.66. The maximum absolute atomic E-state index is 3.66. The van der Waals surface area contributed by atoms with E-state index in [-0.39, 0.29) is 0 Å². The first-order valence-electron chi connectivity index (χ1n) is 7.30. The van der Waals surface area contributed by atoms with Gasteiger partial charge in [0.15, 0.2) is 0 Å². The molecule has 1 saturated heterocycles. The number of nitrogens with zero attached hydrogens (tertiary/aromatic N) is 1. The van der Waals surface area contributed by atoms with E-state index in [4.69, 9.17) is 0 Å². The summed E-state index contributed by atoms with van der Waals surface area (Å²) >= 11 is 0. The van der Waals surface area contributed by atoms with Gasteiger partial charge in [-0.05, 0) is 38.1 Å². The number of rotatable bonds is 5. The minimum absolute atomic E-state index is 0.760. The van der Waals surface area contributed by atoms with Gasteiger partial charge in [0.05, 0.1) is 0 Å². The minimum atomic E-state index is 0.760. The van der Waals surface area contributed by atoms with Crippen LogP contribution in [0.2, 0.25) is 0 Å². The molecule has 16 heavy (non-hydrogen) atoms. The first kappa shape index (κ1) is 12.4. The molecule has 1 N–H and O–H groups in total. The van der Waals surface area contributed by atoms with E-state index in [1.54, 1.807) is 0 Å². The fourth-order valence-corrected chi connectivity index (χ4v) is 3.34. The van der Waals surface area contributed by atoms with Crippen molar-refractivity contribution in [3.05, 3.63) is 0 Å². The molecule has 0 bridgehead atoms. The van der Waals surface area contributed by atoms with Crippen molar-refractivity contribution in [1.29, 1.82) is 0 Å². The molecule has 0 aromatic rings. The molecule has 0 amide bonds. The molecule has 0 aromatic carbocycles. The zero-order chi connectivity index (χ0) is 11.4. The summed E-state index contributed by atoms with van der Waals surface area (Å²) in [6.07, 6.45) is 8.55. The lowest BCUT2D eigenvalue weighted by Gasteiger charge is -2.45. The van der Waals surface area contributed by atoms with Gasteiger partial charge in [-0.2, -0.15) is 0 Å². The molecule has 1 saturated carbocycles. The van der Waals surface area contributed by atoms with Gasteiger partial charge in [-0.1, -0.05) is 26.7 Å². The molecule has 2 unspecified atom stereocenters. The van der Waals surface area contributed by atoms with E-state index in [9.17, 15) is 0 Å². The molecule has 1 aliphatic heterocycles. The van der Waals surface area contributed by atoms with Crippen molar-refractivity contribution >= 4 is 0 Å². The summed E-state index contributed by atoms with van der Waals surface area (Å²) in [6.45, 7) is 8.36. The molecule has 94 valence electrons. The Bertz CT molecular complexity index is 187. The van der Waals surface area contributed by atoms with Crippen LogP contribution in [0.1, 0.15) is 52.4 Å². The first-order valence-corrected chi connectivity index (χ1v) is 7.30. The number of piperidine rings is 1. The van der Waals surface area contributed by atoms with Crippen LogP contribution in [-0.4, -0.2) is 36.6 Å². The van der Waals surface area contributed by atoms with Crippen molar-refractivity contribution in [2.45, 2.75) is 64.5 Å². The van der Waals surface area contributed by atoms with Crippen LogP contribution >= 0.6 is 0 Å². The molecule has 2 aliphatic rings. The molecule has 2 heteroatoms. The Hall–Kier alpha value is -0.0800. The van der Waals surface area contributed by atoms with Gasteiger partial charge in [-0.25, -0.2) is 0 Å². The van der Waals surface area contributed by atoms with Gasteiger partial charge in [0.1, 0.15) is 0 Å². The van der Waals surface area contributed by atoms with E-state index in [0.717, 1.165) is 24.5 Å². The number of likely N-dealkylation sites (tertiary alicyclic amines) is 1. The van der Waals surface area contributed by atoms with Crippen LogP contribution in [0.15, 0.2) is 0 Å². The molecular weight excluding hydrogens is 196 g/mol. The van der Waals surface area contributed by atoms with E-state index in [1.165, 1.54) is 51.6 Å². The van der Waals surface area contributed by atoms with Gasteiger partial charge in [0.25, 0.3) is 0 Å². The third-order valence-electron chi connectivity index (χ3n) is 4.35. The molecule has 0 radical (unpaired) electrons. The second kappa shape index (κ2) is 6.02. The van der Waals surface area contributed by atoms with Crippen molar-refractivity contribution in [1.82, 2.24) is 10.2 Å². The van der Waals surface area contributed by atoms with Crippen molar-refractivity contribution < 1.29 is 0 Å². The third-order valence-corrected chi connectivity index (χ3v) is 4.35. The predicted molar refractivity (Wildman–Crippen MR) is 69.7 cm³/mol. The Kier molecular flexibility index (Phi) is 4.66. The summed E-state index contributed by atoms with van der Waals surface area (Å²) in [6, 6.07) is 1.69. The fraction of sp³-hybridized carbons (Fsp3) is 1.00. The first-order chi connectivity index (χ1) is 7.83. The molecule has 2 rings (SSSR count). The van der Waals surface area contributed by atoms with Crippen LogP contribution in [0.5, 0.6) is 0 Å². The monoisotopic (exact) mass is 224 g/mol. The largest absolute Gasteiger partial charge is 0.313 e. The van der Waals surface area contributed by atoms with Crippen LogP contribution in [0, 0.1) is 5.92 Å². The smallest absolute Gasteiger partial charge is 0.0198 e. The number of nitrogens with one attached hydrogen (secondary N) is 1. The number of hydrogen-bond acceptors (Lipinski definition) is 2. The number of hydrogen-bond donors (Lipinski definition) is 1. The molecule has 2 atom stereocenters. The van der Waals surface area contributed by atoms with E-state index < -0.39 is 0 Å². The van der Waals surface area contributed by atoms with Gasteiger partial charge < -0.3 is 5.32 Å². The maximum Gasteiger partial charge on any atom is 0.0198 e. The Morgan fingerprint density at radius 1 is 1.19 bits per heavy atom. The topological polar surface area (TPSA) is 15.3 Å². The van der Waals surface area contributed by atoms with Gasteiger partial charge in [-0.15, -0.1) is 0 Å². The number of likely N-dealkylation sites (N-methyl/N-ethyl adjacent to an activating group) is 1. The van der Waals surface area contributed by atoms with Crippen molar-refractivity contribution in [3.8, 4) is 0 Å². The summed E-state index contributed by atoms with van der Waals surface area (Å²) in [5.74, 6) is 0.948. The summed E-state index contributed by atoms with van der Waals surface area (Å²) in [7, 11) is 0. The minimum Gasteiger partial charge on any atom is -0.313 e.